The molecule has 0 aliphatic carbocycles. The zero-order valence-corrected chi connectivity index (χ0v) is 15.1. The predicted octanol–water partition coefficient (Wildman–Crippen LogP) is 2.65. The molecule has 1 radical (unpaired) electrons. The fraction of sp³-hybridized carbons (Fsp3) is 0.333. The molecule has 0 bridgehead atoms. The fourth-order valence-electron chi connectivity index (χ4n) is 3.80. The van der Waals surface area contributed by atoms with Crippen molar-refractivity contribution < 1.29 is 14.7 Å². The Bertz CT molecular complexity index is 774. The molecule has 0 spiro atoms. The summed E-state index contributed by atoms with van der Waals surface area (Å²) < 4.78 is 0. The van der Waals surface area contributed by atoms with Gasteiger partial charge in [0.25, 0.3) is 0 Å². The van der Waals surface area contributed by atoms with Crippen LogP contribution in [0.4, 0.5) is 0 Å². The van der Waals surface area contributed by atoms with Crippen molar-refractivity contribution >= 4 is 19.5 Å². The number of aliphatic hydroxyl groups excluding tert-OH is 1. The monoisotopic (exact) mass is 348 g/mol. The van der Waals surface area contributed by atoms with Gasteiger partial charge in [-0.3, -0.25) is 4.79 Å². The van der Waals surface area contributed by atoms with Crippen LogP contribution in [0.1, 0.15) is 25.8 Å². The number of carbonyl (C=O) groups is 2. The van der Waals surface area contributed by atoms with Crippen LogP contribution in [-0.2, 0) is 15.0 Å². The summed E-state index contributed by atoms with van der Waals surface area (Å²) >= 11 is 0. The molecular weight excluding hydrogens is 325 g/mol. The van der Waals surface area contributed by atoms with Crippen LogP contribution in [0, 0.1) is 5.92 Å². The molecule has 0 unspecified atom stereocenters. The van der Waals surface area contributed by atoms with Crippen LogP contribution in [0.15, 0.2) is 54.6 Å². The number of rotatable bonds is 6. The molecule has 1 aliphatic heterocycles. The Morgan fingerprint density at radius 3 is 2.31 bits per heavy atom. The highest BCUT2D eigenvalue weighted by Crippen LogP contribution is 2.39. The normalized spacial score (nSPS) is 20.3. The maximum Gasteiger partial charge on any atom is 0.331 e. The van der Waals surface area contributed by atoms with Gasteiger partial charge in [-0.1, -0.05) is 68.4 Å². The molecule has 5 heteroatoms. The van der Waals surface area contributed by atoms with Gasteiger partial charge in [0.15, 0.2) is 0 Å². The highest BCUT2D eigenvalue weighted by molar-refractivity contribution is 6.66. The van der Waals surface area contributed by atoms with Crippen molar-refractivity contribution in [2.24, 2.45) is 5.92 Å². The number of benzene rings is 2. The average Bonchev–Trinajstić information content (AvgIpc) is 2.99. The van der Waals surface area contributed by atoms with E-state index >= 15 is 0 Å². The summed E-state index contributed by atoms with van der Waals surface area (Å²) in [6.07, 6.45) is 1.17. The standard InChI is InChI=1S/C21H23BNO3/c1-21(2,19-12-17(13-24)20(26)23(19)22-14-25)18-10-8-16(9-11-18)15-6-4-3-5-7-15/h3-11,14,17,19,24H,12-13H2,1-2H3/t17-,19-/m0/s1. The van der Waals surface area contributed by atoms with Gasteiger partial charge in [-0.2, -0.15) is 0 Å². The molecule has 3 rings (SSSR count). The smallest absolute Gasteiger partial charge is 0.331 e. The summed E-state index contributed by atoms with van der Waals surface area (Å²) in [6, 6.07) is 18.3. The third-order valence-electron chi connectivity index (χ3n) is 5.46. The van der Waals surface area contributed by atoms with E-state index in [9.17, 15) is 14.7 Å². The summed E-state index contributed by atoms with van der Waals surface area (Å²) in [4.78, 5) is 24.9. The zero-order chi connectivity index (χ0) is 18.7. The molecule has 133 valence electrons. The van der Waals surface area contributed by atoms with E-state index in [-0.39, 0.29) is 24.0 Å². The van der Waals surface area contributed by atoms with Gasteiger partial charge in [-0.15, -0.1) is 0 Å². The quantitative estimate of drug-likeness (QED) is 0.645. The molecule has 26 heavy (non-hydrogen) atoms. The van der Waals surface area contributed by atoms with E-state index in [2.05, 4.69) is 50.2 Å². The predicted molar refractivity (Wildman–Crippen MR) is 103 cm³/mol. The summed E-state index contributed by atoms with van der Waals surface area (Å²) in [5, 5.41) is 9.49. The number of hydrogen-bond donors (Lipinski definition) is 1. The van der Waals surface area contributed by atoms with E-state index in [0.29, 0.717) is 12.6 Å². The average molecular weight is 348 g/mol. The van der Waals surface area contributed by atoms with Gasteiger partial charge in [0.2, 0.25) is 5.91 Å². The minimum absolute atomic E-state index is 0.167. The zero-order valence-electron chi connectivity index (χ0n) is 15.1. The maximum absolute atomic E-state index is 12.4. The van der Waals surface area contributed by atoms with Crippen LogP contribution in [0.5, 0.6) is 0 Å². The third kappa shape index (κ3) is 3.31. The van der Waals surface area contributed by atoms with Crippen molar-refractivity contribution in [2.75, 3.05) is 6.61 Å². The Morgan fingerprint density at radius 2 is 1.73 bits per heavy atom. The summed E-state index contributed by atoms with van der Waals surface area (Å²) in [5.74, 6) is -0.627. The van der Waals surface area contributed by atoms with Crippen molar-refractivity contribution in [1.82, 2.24) is 4.81 Å². The topological polar surface area (TPSA) is 57.6 Å². The summed E-state index contributed by atoms with van der Waals surface area (Å²) in [5.41, 5.74) is 3.04. The van der Waals surface area contributed by atoms with Crippen LogP contribution in [0.2, 0.25) is 0 Å². The summed E-state index contributed by atoms with van der Waals surface area (Å²) in [6.45, 7) is 3.96. The van der Waals surface area contributed by atoms with Gasteiger partial charge in [-0.25, -0.2) is 0 Å². The lowest BCUT2D eigenvalue weighted by Gasteiger charge is -2.38. The van der Waals surface area contributed by atoms with Gasteiger partial charge in [0.1, 0.15) is 6.19 Å². The van der Waals surface area contributed by atoms with Crippen LogP contribution < -0.4 is 0 Å². The van der Waals surface area contributed by atoms with Gasteiger partial charge in [0, 0.05) is 11.5 Å². The molecule has 4 nitrogen and oxygen atoms in total. The number of aliphatic hydroxyl groups is 1. The highest BCUT2D eigenvalue weighted by atomic mass is 16.3. The van der Waals surface area contributed by atoms with Crippen molar-refractivity contribution in [3.8, 4) is 11.1 Å². The van der Waals surface area contributed by atoms with E-state index in [1.165, 1.54) is 12.2 Å². The Balaban J connectivity index is 1.89. The molecule has 0 saturated carbocycles. The maximum atomic E-state index is 12.4. The Kier molecular flexibility index (Phi) is 5.28. The molecule has 1 saturated heterocycles. The van der Waals surface area contributed by atoms with Crippen molar-refractivity contribution in [3.05, 3.63) is 60.2 Å². The number of amides is 1. The van der Waals surface area contributed by atoms with Crippen molar-refractivity contribution in [3.63, 3.8) is 0 Å². The molecule has 2 aromatic carbocycles. The SMILES string of the molecule is CC(C)(c1ccc(-c2ccccc2)cc1)[C@@H]1C[C@@H](CO)C(=O)N1[B]C=O. The number of carbonyl (C=O) groups excluding carboxylic acids is 2. The Hall–Kier alpha value is -2.40. The first-order valence-corrected chi connectivity index (χ1v) is 8.86. The van der Waals surface area contributed by atoms with E-state index in [1.54, 1.807) is 0 Å². The molecule has 1 heterocycles. The highest BCUT2D eigenvalue weighted by Gasteiger charge is 2.46. The summed E-state index contributed by atoms with van der Waals surface area (Å²) in [7, 11) is 1.29. The molecule has 1 fully saturated rings. The van der Waals surface area contributed by atoms with Crippen LogP contribution in [0.3, 0.4) is 0 Å². The first-order valence-electron chi connectivity index (χ1n) is 8.86. The molecule has 1 amide bonds. The van der Waals surface area contributed by atoms with E-state index in [1.807, 2.05) is 18.2 Å². The first-order chi connectivity index (χ1) is 12.5. The van der Waals surface area contributed by atoms with Crippen molar-refractivity contribution in [2.45, 2.75) is 31.7 Å². The largest absolute Gasteiger partial charge is 0.396 e. The molecule has 1 aliphatic rings. The number of nitrogens with zero attached hydrogens (tertiary/aromatic N) is 1. The van der Waals surface area contributed by atoms with E-state index < -0.39 is 5.92 Å². The van der Waals surface area contributed by atoms with Crippen LogP contribution in [-0.4, -0.2) is 42.1 Å². The molecule has 2 aromatic rings. The van der Waals surface area contributed by atoms with Crippen LogP contribution in [0.25, 0.3) is 11.1 Å². The number of hydrogen-bond acceptors (Lipinski definition) is 3. The lowest BCUT2D eigenvalue weighted by atomic mass is 9.73. The molecule has 2 atom stereocenters. The Morgan fingerprint density at radius 1 is 1.12 bits per heavy atom. The first kappa shape index (κ1) is 18.4. The molecule has 0 aromatic heterocycles. The molecule has 1 N–H and O–H groups in total. The van der Waals surface area contributed by atoms with Gasteiger partial charge in [-0.05, 0) is 23.1 Å². The van der Waals surface area contributed by atoms with Gasteiger partial charge in [0.05, 0.1) is 12.5 Å². The van der Waals surface area contributed by atoms with Crippen molar-refractivity contribution in [1.29, 1.82) is 0 Å². The second-order valence-corrected chi connectivity index (χ2v) is 7.33. The lowest BCUT2D eigenvalue weighted by Crippen LogP contribution is -2.47. The lowest BCUT2D eigenvalue weighted by molar-refractivity contribution is -0.129. The third-order valence-corrected chi connectivity index (χ3v) is 5.46. The van der Waals surface area contributed by atoms with E-state index in [0.717, 1.165) is 16.7 Å². The van der Waals surface area contributed by atoms with Crippen LogP contribution >= 0.6 is 0 Å². The minimum Gasteiger partial charge on any atom is -0.396 e. The van der Waals surface area contributed by atoms with E-state index in [4.69, 9.17) is 0 Å². The van der Waals surface area contributed by atoms with Gasteiger partial charge < -0.3 is 14.7 Å². The fourth-order valence-corrected chi connectivity index (χ4v) is 3.80. The second-order valence-electron chi connectivity index (χ2n) is 7.33. The van der Waals surface area contributed by atoms with Gasteiger partial charge >= 0.3 is 7.41 Å². The second kappa shape index (κ2) is 7.46. The Labute approximate surface area is 155 Å². The minimum atomic E-state index is -0.445. The molecular formula is C21H23BNO3.